The van der Waals surface area contributed by atoms with Gasteiger partial charge in [-0.15, -0.1) is 0 Å². The van der Waals surface area contributed by atoms with Crippen molar-refractivity contribution >= 4 is 11.8 Å². The summed E-state index contributed by atoms with van der Waals surface area (Å²) in [5.74, 6) is 2.00. The number of fused-ring (bicyclic) bond motifs is 1. The third kappa shape index (κ3) is 4.53. The second kappa shape index (κ2) is 9.49. The number of hydrogen-bond acceptors (Lipinski definition) is 4. The van der Waals surface area contributed by atoms with Gasteiger partial charge < -0.3 is 19.7 Å². The number of benzene rings is 1. The van der Waals surface area contributed by atoms with E-state index in [1.165, 1.54) is 32.1 Å². The van der Waals surface area contributed by atoms with Gasteiger partial charge in [0.1, 0.15) is 11.5 Å². The maximum absolute atomic E-state index is 13.0. The van der Waals surface area contributed by atoms with E-state index < -0.39 is 0 Å². The van der Waals surface area contributed by atoms with Crippen LogP contribution in [0.15, 0.2) is 18.2 Å². The van der Waals surface area contributed by atoms with Crippen LogP contribution in [-0.4, -0.2) is 50.1 Å². The Labute approximate surface area is 185 Å². The molecule has 0 aromatic heterocycles. The second-order valence-corrected chi connectivity index (χ2v) is 9.57. The molecule has 0 spiro atoms. The Bertz CT molecular complexity index is 805. The van der Waals surface area contributed by atoms with Gasteiger partial charge in [-0.2, -0.15) is 0 Å². The van der Waals surface area contributed by atoms with Crippen molar-refractivity contribution < 1.29 is 19.1 Å². The Morgan fingerprint density at radius 2 is 1.90 bits per heavy atom. The molecule has 1 N–H and O–H groups in total. The topological polar surface area (TPSA) is 67.9 Å². The van der Waals surface area contributed by atoms with Crippen molar-refractivity contribution in [1.82, 2.24) is 10.2 Å². The summed E-state index contributed by atoms with van der Waals surface area (Å²) in [4.78, 5) is 28.1. The standard InChI is InChI=1S/C25H36N2O4/c1-30-19-10-11-20(21(15-19)31-2)24(29)26-17-25-13-6-9-22(25)27(23(28)12-14-25)16-18-7-4-3-5-8-18/h10-11,15,18,22H,3-9,12-14,16-17H2,1-2H3,(H,26,29)/t22-,25+/m1/s1. The molecule has 2 atom stereocenters. The van der Waals surface area contributed by atoms with Crippen LogP contribution in [0.4, 0.5) is 0 Å². The molecule has 1 saturated heterocycles. The Morgan fingerprint density at radius 1 is 1.10 bits per heavy atom. The molecule has 3 fully saturated rings. The number of nitrogens with one attached hydrogen (secondary N) is 1. The van der Waals surface area contributed by atoms with Crippen molar-refractivity contribution in [2.75, 3.05) is 27.3 Å². The summed E-state index contributed by atoms with van der Waals surface area (Å²) in [6, 6.07) is 5.51. The zero-order valence-electron chi connectivity index (χ0n) is 19.0. The largest absolute Gasteiger partial charge is 0.497 e. The quantitative estimate of drug-likeness (QED) is 0.708. The van der Waals surface area contributed by atoms with E-state index in [1.807, 2.05) is 0 Å². The summed E-state index contributed by atoms with van der Waals surface area (Å²) in [6.45, 7) is 1.52. The van der Waals surface area contributed by atoms with Gasteiger partial charge in [0.05, 0.1) is 19.8 Å². The van der Waals surface area contributed by atoms with Crippen LogP contribution < -0.4 is 14.8 Å². The van der Waals surface area contributed by atoms with Crippen molar-refractivity contribution in [3.05, 3.63) is 23.8 Å². The lowest BCUT2D eigenvalue weighted by Crippen LogP contribution is -2.57. The average Bonchev–Trinajstić information content (AvgIpc) is 3.24. The van der Waals surface area contributed by atoms with E-state index >= 15 is 0 Å². The van der Waals surface area contributed by atoms with Gasteiger partial charge >= 0.3 is 0 Å². The van der Waals surface area contributed by atoms with Crippen molar-refractivity contribution in [2.24, 2.45) is 11.3 Å². The molecule has 1 heterocycles. The van der Waals surface area contributed by atoms with Crippen LogP contribution in [0.5, 0.6) is 11.5 Å². The Balaban J connectivity index is 1.45. The molecule has 2 aliphatic carbocycles. The molecule has 170 valence electrons. The normalized spacial score (nSPS) is 26.5. The van der Waals surface area contributed by atoms with Crippen LogP contribution in [-0.2, 0) is 4.79 Å². The Morgan fingerprint density at radius 3 is 2.65 bits per heavy atom. The fraction of sp³-hybridized carbons (Fsp3) is 0.680. The van der Waals surface area contributed by atoms with E-state index in [-0.39, 0.29) is 17.4 Å². The molecule has 0 unspecified atom stereocenters. The van der Waals surface area contributed by atoms with Crippen LogP contribution >= 0.6 is 0 Å². The van der Waals surface area contributed by atoms with Crippen LogP contribution in [0.3, 0.4) is 0 Å². The molecule has 6 heteroatoms. The number of methoxy groups -OCH3 is 2. The molecule has 2 amide bonds. The summed E-state index contributed by atoms with van der Waals surface area (Å²) in [6.07, 6.45) is 11.1. The van der Waals surface area contributed by atoms with Crippen LogP contribution in [0.1, 0.15) is 74.6 Å². The van der Waals surface area contributed by atoms with E-state index in [0.717, 1.165) is 32.2 Å². The molecule has 0 bridgehead atoms. The molecule has 1 aliphatic heterocycles. The first kappa shape index (κ1) is 22.0. The second-order valence-electron chi connectivity index (χ2n) is 9.57. The lowest BCUT2D eigenvalue weighted by atomic mass is 9.74. The first-order valence-corrected chi connectivity index (χ1v) is 11.9. The highest BCUT2D eigenvalue weighted by Gasteiger charge is 2.50. The van der Waals surface area contributed by atoms with Gasteiger partial charge in [0.25, 0.3) is 5.91 Å². The highest BCUT2D eigenvalue weighted by molar-refractivity contribution is 5.97. The summed E-state index contributed by atoms with van der Waals surface area (Å²) in [5.41, 5.74) is 0.512. The Hall–Kier alpha value is -2.24. The highest BCUT2D eigenvalue weighted by Crippen LogP contribution is 2.48. The first-order chi connectivity index (χ1) is 15.1. The van der Waals surface area contributed by atoms with Gasteiger partial charge in [0.2, 0.25) is 5.91 Å². The van der Waals surface area contributed by atoms with Gasteiger partial charge in [-0.05, 0) is 50.2 Å². The fourth-order valence-corrected chi connectivity index (χ4v) is 6.08. The van der Waals surface area contributed by atoms with Crippen molar-refractivity contribution in [3.8, 4) is 11.5 Å². The van der Waals surface area contributed by atoms with Gasteiger partial charge in [-0.1, -0.05) is 25.7 Å². The molecule has 4 rings (SSSR count). The number of amides is 2. The molecule has 31 heavy (non-hydrogen) atoms. The van der Waals surface area contributed by atoms with Crippen molar-refractivity contribution in [1.29, 1.82) is 0 Å². The van der Waals surface area contributed by atoms with E-state index in [1.54, 1.807) is 32.4 Å². The minimum atomic E-state index is -0.129. The first-order valence-electron chi connectivity index (χ1n) is 11.9. The lowest BCUT2D eigenvalue weighted by Gasteiger charge is -2.47. The predicted molar refractivity (Wildman–Crippen MR) is 119 cm³/mol. The molecule has 3 aliphatic rings. The number of piperidine rings is 1. The molecule has 1 aromatic carbocycles. The highest BCUT2D eigenvalue weighted by atomic mass is 16.5. The SMILES string of the molecule is COc1ccc(C(=O)NC[C@@]23CCC[C@H]2N(CC2CCCCC2)C(=O)CC3)c(OC)c1. The molecule has 6 nitrogen and oxygen atoms in total. The number of ether oxygens (including phenoxy) is 2. The third-order valence-electron chi connectivity index (χ3n) is 7.83. The molecule has 1 aromatic rings. The number of hydrogen-bond donors (Lipinski definition) is 1. The smallest absolute Gasteiger partial charge is 0.255 e. The molecule has 0 radical (unpaired) electrons. The van der Waals surface area contributed by atoms with Crippen molar-refractivity contribution in [3.63, 3.8) is 0 Å². The number of nitrogens with zero attached hydrogens (tertiary/aromatic N) is 1. The zero-order valence-corrected chi connectivity index (χ0v) is 19.0. The van der Waals surface area contributed by atoms with Crippen molar-refractivity contribution in [2.45, 2.75) is 70.3 Å². The molecular formula is C25H36N2O4. The maximum Gasteiger partial charge on any atom is 0.255 e. The average molecular weight is 429 g/mol. The third-order valence-corrected chi connectivity index (χ3v) is 7.83. The maximum atomic E-state index is 13.0. The molecule has 2 saturated carbocycles. The summed E-state index contributed by atoms with van der Waals surface area (Å²) < 4.78 is 10.6. The van der Waals surface area contributed by atoms with E-state index in [0.29, 0.717) is 41.9 Å². The minimum absolute atomic E-state index is 0.00204. The minimum Gasteiger partial charge on any atom is -0.497 e. The van der Waals surface area contributed by atoms with Crippen LogP contribution in [0, 0.1) is 11.3 Å². The van der Waals surface area contributed by atoms with E-state index in [2.05, 4.69) is 10.2 Å². The van der Waals surface area contributed by atoms with E-state index in [4.69, 9.17) is 9.47 Å². The van der Waals surface area contributed by atoms with E-state index in [9.17, 15) is 9.59 Å². The van der Waals surface area contributed by atoms with Gasteiger partial charge in [0.15, 0.2) is 0 Å². The monoisotopic (exact) mass is 428 g/mol. The van der Waals surface area contributed by atoms with Gasteiger partial charge in [-0.25, -0.2) is 0 Å². The fourth-order valence-electron chi connectivity index (χ4n) is 6.08. The summed E-state index contributed by atoms with van der Waals surface area (Å²) >= 11 is 0. The van der Waals surface area contributed by atoms with Gasteiger partial charge in [0, 0.05) is 37.0 Å². The summed E-state index contributed by atoms with van der Waals surface area (Å²) in [7, 11) is 3.16. The van der Waals surface area contributed by atoms with Crippen LogP contribution in [0.25, 0.3) is 0 Å². The Kier molecular flexibility index (Phi) is 6.73. The number of rotatable bonds is 7. The lowest BCUT2D eigenvalue weighted by molar-refractivity contribution is -0.142. The number of likely N-dealkylation sites (tertiary alicyclic amines) is 1. The number of carbonyl (C=O) groups is 2. The van der Waals surface area contributed by atoms with Gasteiger partial charge in [-0.3, -0.25) is 9.59 Å². The predicted octanol–water partition coefficient (Wildman–Crippen LogP) is 4.18. The number of carbonyl (C=O) groups excluding carboxylic acids is 2. The molecular weight excluding hydrogens is 392 g/mol. The zero-order chi connectivity index (χ0) is 21.8. The summed E-state index contributed by atoms with van der Waals surface area (Å²) in [5, 5.41) is 3.18. The van der Waals surface area contributed by atoms with Crippen LogP contribution in [0.2, 0.25) is 0 Å².